The minimum Gasteiger partial charge on any atom is -0.493 e. The number of carbonyl (C=O) groups is 1. The fraction of sp³-hybridized carbons (Fsp3) is 0.517. The molecule has 1 amide bonds. The van der Waals surface area contributed by atoms with E-state index in [-0.39, 0.29) is 5.91 Å². The van der Waals surface area contributed by atoms with Gasteiger partial charge in [-0.05, 0) is 49.6 Å². The van der Waals surface area contributed by atoms with Gasteiger partial charge in [0, 0.05) is 25.1 Å². The normalized spacial score (nSPS) is 11.1. The number of amides is 1. The first-order chi connectivity index (χ1) is 17.2. The van der Waals surface area contributed by atoms with E-state index >= 15 is 0 Å². The number of carbonyl (C=O) groups excluding carboxylic acids is 1. The molecule has 0 aliphatic carbocycles. The minimum absolute atomic E-state index is 0.0910. The quantitative estimate of drug-likeness (QED) is 0.236. The highest BCUT2D eigenvalue weighted by atomic mass is 16.5. The van der Waals surface area contributed by atoms with Gasteiger partial charge in [0.25, 0.3) is 5.91 Å². The summed E-state index contributed by atoms with van der Waals surface area (Å²) in [6, 6.07) is 13.7. The smallest absolute Gasteiger partial charge is 0.251 e. The number of para-hydroxylation sites is 2. The molecule has 0 aliphatic heterocycles. The molecule has 6 heteroatoms. The summed E-state index contributed by atoms with van der Waals surface area (Å²) in [5, 5.41) is 3.01. The third-order valence-electron chi connectivity index (χ3n) is 6.48. The molecule has 2 aromatic carbocycles. The van der Waals surface area contributed by atoms with Crippen LogP contribution < -0.4 is 14.8 Å². The first-order valence-corrected chi connectivity index (χ1v) is 13.1. The molecule has 0 aliphatic rings. The van der Waals surface area contributed by atoms with Gasteiger partial charge in [-0.1, -0.05) is 57.6 Å². The molecule has 0 radical (unpaired) electrons. The lowest BCUT2D eigenvalue weighted by Crippen LogP contribution is -2.24. The molecule has 1 N–H and O–H groups in total. The monoisotopic (exact) mass is 479 g/mol. The van der Waals surface area contributed by atoms with Crippen LogP contribution in [0.15, 0.2) is 42.5 Å². The van der Waals surface area contributed by atoms with Gasteiger partial charge in [0.1, 0.15) is 5.82 Å². The topological polar surface area (TPSA) is 65.4 Å². The molecule has 6 nitrogen and oxygen atoms in total. The summed E-state index contributed by atoms with van der Waals surface area (Å²) in [4.78, 5) is 17.4. The van der Waals surface area contributed by atoms with Crippen LogP contribution in [0.5, 0.6) is 11.5 Å². The molecule has 3 aromatic rings. The number of hydrogen-bond donors (Lipinski definition) is 1. The van der Waals surface area contributed by atoms with Gasteiger partial charge in [0.2, 0.25) is 0 Å². The molecule has 0 bridgehead atoms. The molecular weight excluding hydrogens is 438 g/mol. The Morgan fingerprint density at radius 3 is 2.43 bits per heavy atom. The zero-order chi connectivity index (χ0) is 24.9. The van der Waals surface area contributed by atoms with E-state index in [0.717, 1.165) is 37.7 Å². The number of aryl methyl sites for hydroxylation is 2. The van der Waals surface area contributed by atoms with Gasteiger partial charge in [0.05, 0.1) is 25.3 Å². The molecule has 0 saturated carbocycles. The van der Waals surface area contributed by atoms with Crippen LogP contribution in [-0.4, -0.2) is 36.2 Å². The predicted octanol–water partition coefficient (Wildman–Crippen LogP) is 6.56. The van der Waals surface area contributed by atoms with Crippen LogP contribution in [0.1, 0.15) is 80.9 Å². The van der Waals surface area contributed by atoms with Gasteiger partial charge in [-0.25, -0.2) is 4.98 Å². The second kappa shape index (κ2) is 14.4. The molecule has 0 fully saturated rings. The molecule has 3 rings (SSSR count). The van der Waals surface area contributed by atoms with E-state index in [0.29, 0.717) is 23.6 Å². The number of rotatable bonds is 16. The Hall–Kier alpha value is -3.02. The Kier molecular flexibility index (Phi) is 10.9. The average molecular weight is 480 g/mol. The number of benzene rings is 2. The van der Waals surface area contributed by atoms with Crippen LogP contribution in [0.4, 0.5) is 0 Å². The zero-order valence-corrected chi connectivity index (χ0v) is 21.6. The fourth-order valence-electron chi connectivity index (χ4n) is 4.48. The largest absolute Gasteiger partial charge is 0.493 e. The van der Waals surface area contributed by atoms with E-state index in [1.165, 1.54) is 49.9 Å². The number of imidazole rings is 1. The number of fused-ring (bicyclic) bond motifs is 1. The second-order valence-electron chi connectivity index (χ2n) is 9.07. The summed E-state index contributed by atoms with van der Waals surface area (Å²) in [5.74, 6) is 2.27. The van der Waals surface area contributed by atoms with Crippen LogP contribution in [0.2, 0.25) is 0 Å². The summed E-state index contributed by atoms with van der Waals surface area (Å²) in [5.41, 5.74) is 2.92. The standard InChI is InChI=1S/C29H41N3O3/c1-4-5-6-7-8-14-21-32-25-16-12-11-15-24(25)31-28(32)17-10-9-13-20-30-29(33)23-18-19-26(34-2)27(22-23)35-3/h11-12,15-16,18-19,22H,4-10,13-14,17,20-21H2,1-3H3,(H,30,33). The molecule has 1 aromatic heterocycles. The number of aromatic nitrogens is 2. The second-order valence-corrected chi connectivity index (χ2v) is 9.07. The Balaban J connectivity index is 1.44. The van der Waals surface area contributed by atoms with Gasteiger partial charge < -0.3 is 19.4 Å². The Labute approximate surface area is 210 Å². The van der Waals surface area contributed by atoms with Crippen molar-refractivity contribution >= 4 is 16.9 Å². The third-order valence-corrected chi connectivity index (χ3v) is 6.48. The van der Waals surface area contributed by atoms with Crippen molar-refractivity contribution in [1.82, 2.24) is 14.9 Å². The highest BCUT2D eigenvalue weighted by Gasteiger charge is 2.12. The van der Waals surface area contributed by atoms with Crippen molar-refractivity contribution in [3.63, 3.8) is 0 Å². The SMILES string of the molecule is CCCCCCCCn1c(CCCCCNC(=O)c2ccc(OC)c(OC)c2)nc2ccccc21. The van der Waals surface area contributed by atoms with Crippen LogP contribution in [-0.2, 0) is 13.0 Å². The Bertz CT molecular complexity index is 1060. The van der Waals surface area contributed by atoms with Crippen molar-refractivity contribution in [2.45, 2.75) is 77.7 Å². The lowest BCUT2D eigenvalue weighted by Gasteiger charge is -2.11. The van der Waals surface area contributed by atoms with E-state index in [4.69, 9.17) is 14.5 Å². The minimum atomic E-state index is -0.0910. The fourth-order valence-corrected chi connectivity index (χ4v) is 4.48. The van der Waals surface area contributed by atoms with Crippen LogP contribution >= 0.6 is 0 Å². The molecule has 0 saturated heterocycles. The third kappa shape index (κ3) is 7.74. The molecule has 0 unspecified atom stereocenters. The van der Waals surface area contributed by atoms with E-state index < -0.39 is 0 Å². The summed E-state index contributed by atoms with van der Waals surface area (Å²) < 4.78 is 13.0. The summed E-state index contributed by atoms with van der Waals surface area (Å²) >= 11 is 0. The van der Waals surface area contributed by atoms with Crippen molar-refractivity contribution in [2.75, 3.05) is 20.8 Å². The summed E-state index contributed by atoms with van der Waals surface area (Å²) in [6.45, 7) is 3.96. The Morgan fingerprint density at radius 1 is 0.886 bits per heavy atom. The van der Waals surface area contributed by atoms with Gasteiger partial charge in [0.15, 0.2) is 11.5 Å². The van der Waals surface area contributed by atoms with E-state index in [1.54, 1.807) is 32.4 Å². The molecule has 1 heterocycles. The number of methoxy groups -OCH3 is 2. The maximum atomic E-state index is 12.5. The highest BCUT2D eigenvalue weighted by Crippen LogP contribution is 2.27. The maximum absolute atomic E-state index is 12.5. The van der Waals surface area contributed by atoms with E-state index in [1.807, 2.05) is 0 Å². The maximum Gasteiger partial charge on any atom is 0.251 e. The van der Waals surface area contributed by atoms with Gasteiger partial charge in [-0.15, -0.1) is 0 Å². The molecule has 0 atom stereocenters. The summed E-state index contributed by atoms with van der Waals surface area (Å²) in [6.07, 6.45) is 11.8. The lowest BCUT2D eigenvalue weighted by atomic mass is 10.1. The number of nitrogens with one attached hydrogen (secondary N) is 1. The van der Waals surface area contributed by atoms with Crippen molar-refractivity contribution in [3.8, 4) is 11.5 Å². The first kappa shape index (κ1) is 26.6. The number of hydrogen-bond acceptors (Lipinski definition) is 4. The highest BCUT2D eigenvalue weighted by molar-refractivity contribution is 5.94. The molecule has 35 heavy (non-hydrogen) atoms. The Morgan fingerprint density at radius 2 is 1.63 bits per heavy atom. The van der Waals surface area contributed by atoms with E-state index in [9.17, 15) is 4.79 Å². The predicted molar refractivity (Wildman–Crippen MR) is 143 cm³/mol. The van der Waals surface area contributed by atoms with Crippen molar-refractivity contribution < 1.29 is 14.3 Å². The van der Waals surface area contributed by atoms with Crippen LogP contribution in [0, 0.1) is 0 Å². The lowest BCUT2D eigenvalue weighted by molar-refractivity contribution is 0.0952. The molecular formula is C29H41N3O3. The number of nitrogens with zero attached hydrogens (tertiary/aromatic N) is 2. The number of ether oxygens (including phenoxy) is 2. The van der Waals surface area contributed by atoms with E-state index in [2.05, 4.69) is 41.1 Å². The molecule has 190 valence electrons. The van der Waals surface area contributed by atoms with Crippen LogP contribution in [0.3, 0.4) is 0 Å². The van der Waals surface area contributed by atoms with Gasteiger partial charge >= 0.3 is 0 Å². The van der Waals surface area contributed by atoms with Crippen molar-refractivity contribution in [3.05, 3.63) is 53.9 Å². The van der Waals surface area contributed by atoms with Crippen LogP contribution in [0.25, 0.3) is 11.0 Å². The van der Waals surface area contributed by atoms with Crippen molar-refractivity contribution in [1.29, 1.82) is 0 Å². The van der Waals surface area contributed by atoms with Gasteiger partial charge in [-0.2, -0.15) is 0 Å². The van der Waals surface area contributed by atoms with Crippen molar-refractivity contribution in [2.24, 2.45) is 0 Å². The summed E-state index contributed by atoms with van der Waals surface area (Å²) in [7, 11) is 3.16. The average Bonchev–Trinajstić information content (AvgIpc) is 3.24. The first-order valence-electron chi connectivity index (χ1n) is 13.1. The molecule has 0 spiro atoms. The zero-order valence-electron chi connectivity index (χ0n) is 21.6. The number of unbranched alkanes of at least 4 members (excludes halogenated alkanes) is 7. The van der Waals surface area contributed by atoms with Gasteiger partial charge in [-0.3, -0.25) is 4.79 Å².